The fourth-order valence-corrected chi connectivity index (χ4v) is 2.18. The monoisotopic (exact) mass is 292 g/mol. The molecule has 0 bridgehead atoms. The van der Waals surface area contributed by atoms with Crippen molar-refractivity contribution < 1.29 is 9.21 Å². The molecule has 0 aromatic carbocycles. The first-order valence-electron chi connectivity index (χ1n) is 7.79. The van der Waals surface area contributed by atoms with E-state index in [0.29, 0.717) is 11.7 Å². The predicted molar refractivity (Wildman–Crippen MR) is 86.9 cm³/mol. The largest absolute Gasteiger partial charge is 0.465 e. The quantitative estimate of drug-likeness (QED) is 0.656. The van der Waals surface area contributed by atoms with Gasteiger partial charge in [-0.05, 0) is 37.2 Å². The molecule has 0 aliphatic rings. The molecule has 1 aromatic rings. The van der Waals surface area contributed by atoms with Crippen molar-refractivity contribution in [1.82, 2.24) is 9.80 Å². The highest BCUT2D eigenvalue weighted by molar-refractivity contribution is 5.91. The summed E-state index contributed by atoms with van der Waals surface area (Å²) in [4.78, 5) is 16.6. The normalized spacial score (nSPS) is 11.7. The molecule has 21 heavy (non-hydrogen) atoms. The van der Waals surface area contributed by atoms with E-state index in [-0.39, 0.29) is 5.91 Å². The maximum Gasteiger partial charge on any atom is 0.246 e. The maximum atomic E-state index is 12.3. The third-order valence-corrected chi connectivity index (χ3v) is 3.41. The minimum atomic E-state index is 0.0484. The van der Waals surface area contributed by atoms with Crippen LogP contribution in [-0.4, -0.2) is 48.4 Å². The summed E-state index contributed by atoms with van der Waals surface area (Å²) in [6.07, 6.45) is 4.94. The molecule has 0 saturated carbocycles. The van der Waals surface area contributed by atoms with Gasteiger partial charge in [0.05, 0.1) is 6.26 Å². The van der Waals surface area contributed by atoms with Gasteiger partial charge in [-0.3, -0.25) is 4.79 Å². The molecular formula is C17H28N2O2. The van der Waals surface area contributed by atoms with Crippen LogP contribution >= 0.6 is 0 Å². The van der Waals surface area contributed by atoms with E-state index in [1.807, 2.05) is 17.0 Å². The summed E-state index contributed by atoms with van der Waals surface area (Å²) in [5, 5.41) is 0. The second-order valence-electron chi connectivity index (χ2n) is 5.55. The van der Waals surface area contributed by atoms with Crippen LogP contribution in [0.2, 0.25) is 0 Å². The van der Waals surface area contributed by atoms with Crippen molar-refractivity contribution in [2.45, 2.75) is 27.7 Å². The van der Waals surface area contributed by atoms with Crippen LogP contribution in [0.5, 0.6) is 0 Å². The molecule has 4 heteroatoms. The van der Waals surface area contributed by atoms with Gasteiger partial charge in [0.1, 0.15) is 5.76 Å². The molecule has 0 unspecified atom stereocenters. The van der Waals surface area contributed by atoms with Gasteiger partial charge in [-0.15, -0.1) is 0 Å². The summed E-state index contributed by atoms with van der Waals surface area (Å²) in [7, 11) is 0. The van der Waals surface area contributed by atoms with E-state index in [4.69, 9.17) is 4.42 Å². The molecular weight excluding hydrogens is 264 g/mol. The fourth-order valence-electron chi connectivity index (χ4n) is 2.18. The molecule has 118 valence electrons. The summed E-state index contributed by atoms with van der Waals surface area (Å²) in [5.74, 6) is 1.21. The lowest BCUT2D eigenvalue weighted by atomic mass is 10.2. The third kappa shape index (κ3) is 6.63. The molecule has 0 saturated heterocycles. The maximum absolute atomic E-state index is 12.3. The van der Waals surface area contributed by atoms with Crippen LogP contribution in [-0.2, 0) is 4.79 Å². The Bertz CT molecular complexity index is 420. The Hall–Kier alpha value is -1.55. The Morgan fingerprint density at radius 1 is 1.29 bits per heavy atom. The molecule has 0 atom stereocenters. The summed E-state index contributed by atoms with van der Waals surface area (Å²) in [6, 6.07) is 3.66. The van der Waals surface area contributed by atoms with Crippen molar-refractivity contribution in [1.29, 1.82) is 0 Å². The lowest BCUT2D eigenvalue weighted by Gasteiger charge is -2.27. The topological polar surface area (TPSA) is 36.7 Å². The highest BCUT2D eigenvalue weighted by Gasteiger charge is 2.13. The summed E-state index contributed by atoms with van der Waals surface area (Å²) in [5.41, 5.74) is 0. The van der Waals surface area contributed by atoms with E-state index in [9.17, 15) is 4.79 Å². The van der Waals surface area contributed by atoms with Crippen molar-refractivity contribution in [3.05, 3.63) is 30.2 Å². The number of nitrogens with zero attached hydrogens (tertiary/aromatic N) is 2. The number of hydrogen-bond donors (Lipinski definition) is 0. The van der Waals surface area contributed by atoms with Crippen molar-refractivity contribution in [3.63, 3.8) is 0 Å². The van der Waals surface area contributed by atoms with Gasteiger partial charge in [0.2, 0.25) is 5.91 Å². The molecule has 1 amide bonds. The molecule has 0 radical (unpaired) electrons. The van der Waals surface area contributed by atoms with Crippen LogP contribution in [0.25, 0.3) is 6.08 Å². The first kappa shape index (κ1) is 17.5. The van der Waals surface area contributed by atoms with E-state index in [2.05, 4.69) is 32.6 Å². The second kappa shape index (κ2) is 9.40. The average molecular weight is 292 g/mol. The lowest BCUT2D eigenvalue weighted by Crippen LogP contribution is -2.39. The number of likely N-dealkylation sites (N-methyl/N-ethyl adjacent to an activating group) is 1. The van der Waals surface area contributed by atoms with Gasteiger partial charge in [-0.2, -0.15) is 0 Å². The Balaban J connectivity index is 2.60. The van der Waals surface area contributed by atoms with E-state index in [0.717, 1.165) is 32.7 Å². The zero-order valence-corrected chi connectivity index (χ0v) is 13.7. The van der Waals surface area contributed by atoms with Crippen molar-refractivity contribution in [2.24, 2.45) is 5.92 Å². The smallest absolute Gasteiger partial charge is 0.246 e. The highest BCUT2D eigenvalue weighted by atomic mass is 16.3. The van der Waals surface area contributed by atoms with Crippen molar-refractivity contribution in [2.75, 3.05) is 32.7 Å². The van der Waals surface area contributed by atoms with Gasteiger partial charge < -0.3 is 14.2 Å². The van der Waals surface area contributed by atoms with Crippen LogP contribution in [0, 0.1) is 5.92 Å². The number of carbonyl (C=O) groups excluding carboxylic acids is 1. The van der Waals surface area contributed by atoms with Crippen molar-refractivity contribution in [3.8, 4) is 0 Å². The standard InChI is InChI=1S/C17H28N2O2/c1-5-18(6-2)11-12-19(14-15(3)4)17(20)10-9-16-8-7-13-21-16/h7-10,13,15H,5-6,11-12,14H2,1-4H3/b10-9+. The van der Waals surface area contributed by atoms with E-state index in [1.165, 1.54) is 0 Å². The molecule has 1 heterocycles. The highest BCUT2D eigenvalue weighted by Crippen LogP contribution is 2.05. The molecule has 4 nitrogen and oxygen atoms in total. The summed E-state index contributed by atoms with van der Waals surface area (Å²) in [6.45, 7) is 13.1. The average Bonchev–Trinajstić information content (AvgIpc) is 2.97. The molecule has 0 aliphatic carbocycles. The van der Waals surface area contributed by atoms with E-state index in [1.54, 1.807) is 18.4 Å². The Labute approximate surface area is 128 Å². The number of rotatable bonds is 9. The molecule has 1 rings (SSSR count). The van der Waals surface area contributed by atoms with Gasteiger partial charge in [-0.25, -0.2) is 0 Å². The Kier molecular flexibility index (Phi) is 7.83. The minimum absolute atomic E-state index is 0.0484. The van der Waals surface area contributed by atoms with E-state index < -0.39 is 0 Å². The van der Waals surface area contributed by atoms with Crippen LogP contribution < -0.4 is 0 Å². The predicted octanol–water partition coefficient (Wildman–Crippen LogP) is 3.12. The zero-order valence-electron chi connectivity index (χ0n) is 13.7. The second-order valence-corrected chi connectivity index (χ2v) is 5.55. The number of carbonyl (C=O) groups is 1. The van der Waals surface area contributed by atoms with Gasteiger partial charge in [-0.1, -0.05) is 27.7 Å². The van der Waals surface area contributed by atoms with Gasteiger partial charge in [0.15, 0.2) is 0 Å². The molecule has 1 aromatic heterocycles. The van der Waals surface area contributed by atoms with E-state index >= 15 is 0 Å². The van der Waals surface area contributed by atoms with Gasteiger partial charge in [0.25, 0.3) is 0 Å². The molecule has 0 fully saturated rings. The Morgan fingerprint density at radius 3 is 2.52 bits per heavy atom. The number of amides is 1. The van der Waals surface area contributed by atoms with Crippen LogP contribution in [0.3, 0.4) is 0 Å². The summed E-state index contributed by atoms with van der Waals surface area (Å²) >= 11 is 0. The van der Waals surface area contributed by atoms with Crippen LogP contribution in [0.1, 0.15) is 33.5 Å². The molecule has 0 aliphatic heterocycles. The number of hydrogen-bond acceptors (Lipinski definition) is 3. The fraction of sp³-hybridized carbons (Fsp3) is 0.588. The lowest BCUT2D eigenvalue weighted by molar-refractivity contribution is -0.126. The summed E-state index contributed by atoms with van der Waals surface area (Å²) < 4.78 is 5.21. The van der Waals surface area contributed by atoms with Gasteiger partial charge >= 0.3 is 0 Å². The first-order valence-corrected chi connectivity index (χ1v) is 7.79. The van der Waals surface area contributed by atoms with Crippen molar-refractivity contribution >= 4 is 12.0 Å². The van der Waals surface area contributed by atoms with Crippen LogP contribution in [0.15, 0.2) is 28.9 Å². The van der Waals surface area contributed by atoms with Crippen LogP contribution in [0.4, 0.5) is 0 Å². The zero-order chi connectivity index (χ0) is 15.7. The Morgan fingerprint density at radius 2 is 2.00 bits per heavy atom. The molecule has 0 spiro atoms. The molecule has 0 N–H and O–H groups in total. The third-order valence-electron chi connectivity index (χ3n) is 3.41. The SMILES string of the molecule is CCN(CC)CCN(CC(C)C)C(=O)/C=C/c1ccco1. The van der Waals surface area contributed by atoms with Gasteiger partial charge in [0, 0.05) is 25.7 Å². The number of furan rings is 1. The first-order chi connectivity index (χ1) is 10.1. The minimum Gasteiger partial charge on any atom is -0.465 e.